The van der Waals surface area contributed by atoms with E-state index in [1.165, 1.54) is 0 Å². The van der Waals surface area contributed by atoms with Crippen LogP contribution in [0.2, 0.25) is 0 Å². The fourth-order valence-electron chi connectivity index (χ4n) is 1.15. The Balaban J connectivity index is 2.39. The summed E-state index contributed by atoms with van der Waals surface area (Å²) in [6, 6.07) is -0.0359. The lowest BCUT2D eigenvalue weighted by Gasteiger charge is -2.20. The highest BCUT2D eigenvalue weighted by atomic mass is 16.2. The molecule has 1 fully saturated rings. The molecule has 58 valence electrons. The Morgan fingerprint density at radius 1 is 1.80 bits per heavy atom. The van der Waals surface area contributed by atoms with Crippen LogP contribution in [0.5, 0.6) is 0 Å². The highest BCUT2D eigenvalue weighted by molar-refractivity contribution is 5.72. The maximum absolute atomic E-state index is 10.6. The lowest BCUT2D eigenvalue weighted by Crippen LogP contribution is -2.41. The summed E-state index contributed by atoms with van der Waals surface area (Å²) in [6.45, 7) is 1.86. The Morgan fingerprint density at radius 2 is 2.50 bits per heavy atom. The van der Waals surface area contributed by atoms with Crippen molar-refractivity contribution < 1.29 is 4.79 Å². The molecule has 3 N–H and O–H groups in total. The molecule has 1 atom stereocenters. The van der Waals surface area contributed by atoms with Gasteiger partial charge >= 0.3 is 6.03 Å². The average Bonchev–Trinajstić information content (AvgIpc) is 2.36. The number of likely N-dealkylation sites (N-methyl/N-ethyl adjacent to an activating group) is 1. The van der Waals surface area contributed by atoms with Gasteiger partial charge < -0.3 is 16.0 Å². The van der Waals surface area contributed by atoms with Crippen LogP contribution in [0.4, 0.5) is 4.79 Å². The fourth-order valence-corrected chi connectivity index (χ4v) is 1.15. The molecule has 4 nitrogen and oxygen atoms in total. The van der Waals surface area contributed by atoms with Gasteiger partial charge in [-0.1, -0.05) is 0 Å². The topological polar surface area (TPSA) is 58.4 Å². The van der Waals surface area contributed by atoms with Gasteiger partial charge in [-0.05, 0) is 13.0 Å². The summed E-state index contributed by atoms with van der Waals surface area (Å²) in [5.74, 6) is 0. The van der Waals surface area contributed by atoms with Crippen molar-refractivity contribution in [3.63, 3.8) is 0 Å². The van der Waals surface area contributed by atoms with Gasteiger partial charge in [-0.25, -0.2) is 4.79 Å². The van der Waals surface area contributed by atoms with E-state index >= 15 is 0 Å². The summed E-state index contributed by atoms with van der Waals surface area (Å²) in [5.41, 5.74) is 5.08. The Kier molecular flexibility index (Phi) is 2.11. The van der Waals surface area contributed by atoms with Crippen LogP contribution in [-0.2, 0) is 0 Å². The first-order chi connectivity index (χ1) is 4.72. The number of amides is 2. The zero-order valence-corrected chi connectivity index (χ0v) is 6.13. The van der Waals surface area contributed by atoms with Crippen LogP contribution in [-0.4, -0.2) is 37.1 Å². The first-order valence-electron chi connectivity index (χ1n) is 3.45. The Hall–Kier alpha value is -0.770. The Bertz CT molecular complexity index is 131. The van der Waals surface area contributed by atoms with Crippen molar-refractivity contribution in [3.8, 4) is 0 Å². The van der Waals surface area contributed by atoms with E-state index in [1.54, 1.807) is 11.9 Å². The van der Waals surface area contributed by atoms with E-state index in [0.717, 1.165) is 19.5 Å². The maximum Gasteiger partial charge on any atom is 0.314 e. The third-order valence-corrected chi connectivity index (χ3v) is 1.93. The molecule has 2 amide bonds. The molecule has 0 radical (unpaired) electrons. The summed E-state index contributed by atoms with van der Waals surface area (Å²) < 4.78 is 0. The number of hydrogen-bond acceptors (Lipinski definition) is 2. The van der Waals surface area contributed by atoms with Gasteiger partial charge in [-0.3, -0.25) is 0 Å². The molecule has 10 heavy (non-hydrogen) atoms. The molecule has 0 aromatic carbocycles. The number of carbonyl (C=O) groups excluding carboxylic acids is 1. The van der Waals surface area contributed by atoms with E-state index in [2.05, 4.69) is 5.32 Å². The molecule has 0 bridgehead atoms. The van der Waals surface area contributed by atoms with Gasteiger partial charge in [-0.15, -0.1) is 0 Å². The second-order valence-corrected chi connectivity index (χ2v) is 2.60. The molecule has 0 aliphatic carbocycles. The van der Waals surface area contributed by atoms with Gasteiger partial charge in [0.2, 0.25) is 0 Å². The van der Waals surface area contributed by atoms with Gasteiger partial charge in [0.1, 0.15) is 0 Å². The van der Waals surface area contributed by atoms with E-state index in [1.807, 2.05) is 0 Å². The predicted molar refractivity (Wildman–Crippen MR) is 38.6 cm³/mol. The van der Waals surface area contributed by atoms with Gasteiger partial charge in [-0.2, -0.15) is 0 Å². The van der Waals surface area contributed by atoms with Crippen LogP contribution in [0.15, 0.2) is 0 Å². The molecule has 0 unspecified atom stereocenters. The fraction of sp³-hybridized carbons (Fsp3) is 0.833. The monoisotopic (exact) mass is 143 g/mol. The Morgan fingerprint density at radius 3 is 2.90 bits per heavy atom. The summed E-state index contributed by atoms with van der Waals surface area (Å²) in [6.07, 6.45) is 1.01. The summed E-state index contributed by atoms with van der Waals surface area (Å²) in [5, 5.41) is 3.16. The number of nitrogens with zero attached hydrogens (tertiary/aromatic N) is 1. The van der Waals surface area contributed by atoms with Crippen molar-refractivity contribution in [1.82, 2.24) is 10.2 Å². The maximum atomic E-state index is 10.6. The van der Waals surface area contributed by atoms with Crippen LogP contribution < -0.4 is 11.1 Å². The van der Waals surface area contributed by atoms with Crippen LogP contribution in [0.1, 0.15) is 6.42 Å². The third kappa shape index (κ3) is 1.39. The van der Waals surface area contributed by atoms with E-state index < -0.39 is 0 Å². The van der Waals surface area contributed by atoms with Crippen molar-refractivity contribution in [3.05, 3.63) is 0 Å². The van der Waals surface area contributed by atoms with Crippen LogP contribution in [0, 0.1) is 0 Å². The van der Waals surface area contributed by atoms with Crippen molar-refractivity contribution in [2.75, 3.05) is 20.1 Å². The molecule has 0 saturated carbocycles. The quantitative estimate of drug-likeness (QED) is 0.513. The lowest BCUT2D eigenvalue weighted by molar-refractivity contribution is 0.203. The number of nitrogens with two attached hydrogens (primary N) is 1. The largest absolute Gasteiger partial charge is 0.351 e. The van der Waals surface area contributed by atoms with E-state index in [9.17, 15) is 4.79 Å². The molecule has 1 aliphatic heterocycles. The minimum Gasteiger partial charge on any atom is -0.351 e. The first kappa shape index (κ1) is 7.34. The van der Waals surface area contributed by atoms with Gasteiger partial charge in [0.05, 0.1) is 0 Å². The normalized spacial score (nSPS) is 24.7. The van der Waals surface area contributed by atoms with Crippen molar-refractivity contribution in [2.45, 2.75) is 12.5 Å². The van der Waals surface area contributed by atoms with Gasteiger partial charge in [0.15, 0.2) is 0 Å². The lowest BCUT2D eigenvalue weighted by atomic mass is 10.2. The summed E-state index contributed by atoms with van der Waals surface area (Å²) in [7, 11) is 1.74. The van der Waals surface area contributed by atoms with Crippen molar-refractivity contribution in [2.24, 2.45) is 5.73 Å². The molecule has 0 spiro atoms. The smallest absolute Gasteiger partial charge is 0.314 e. The van der Waals surface area contributed by atoms with Gasteiger partial charge in [0.25, 0.3) is 0 Å². The molecule has 1 saturated heterocycles. The number of urea groups is 1. The van der Waals surface area contributed by atoms with Gasteiger partial charge in [0, 0.05) is 19.6 Å². The third-order valence-electron chi connectivity index (χ3n) is 1.93. The summed E-state index contributed by atoms with van der Waals surface area (Å²) in [4.78, 5) is 12.2. The molecule has 1 rings (SSSR count). The number of nitrogens with one attached hydrogen (secondary N) is 1. The molecular formula is C6H13N3O. The number of primary amides is 1. The van der Waals surface area contributed by atoms with Crippen molar-refractivity contribution in [1.29, 1.82) is 0 Å². The van der Waals surface area contributed by atoms with E-state index in [0.29, 0.717) is 6.04 Å². The zero-order chi connectivity index (χ0) is 7.56. The summed E-state index contributed by atoms with van der Waals surface area (Å²) >= 11 is 0. The highest BCUT2D eigenvalue weighted by Gasteiger charge is 2.20. The Labute approximate surface area is 60.4 Å². The average molecular weight is 143 g/mol. The van der Waals surface area contributed by atoms with Crippen molar-refractivity contribution >= 4 is 6.03 Å². The first-order valence-corrected chi connectivity index (χ1v) is 3.45. The number of rotatable bonds is 1. The van der Waals surface area contributed by atoms with Crippen LogP contribution >= 0.6 is 0 Å². The second-order valence-electron chi connectivity index (χ2n) is 2.60. The number of carbonyl (C=O) groups is 1. The molecule has 0 aromatic rings. The van der Waals surface area contributed by atoms with E-state index in [-0.39, 0.29) is 6.03 Å². The minimum absolute atomic E-state index is 0.303. The standard InChI is InChI=1S/C6H13N3O/c1-9(6(7)10)5-2-3-8-4-5/h5,8H,2-4H2,1H3,(H2,7,10)/t5-/m0/s1. The second kappa shape index (κ2) is 2.88. The number of hydrogen-bond donors (Lipinski definition) is 2. The minimum atomic E-state index is -0.339. The zero-order valence-electron chi connectivity index (χ0n) is 6.13. The molecular weight excluding hydrogens is 130 g/mol. The van der Waals surface area contributed by atoms with Crippen LogP contribution in [0.25, 0.3) is 0 Å². The molecule has 0 aromatic heterocycles. The SMILES string of the molecule is CN(C(N)=O)[C@H]1CCNC1. The molecule has 1 aliphatic rings. The highest BCUT2D eigenvalue weighted by Crippen LogP contribution is 2.04. The predicted octanol–water partition coefficient (Wildman–Crippen LogP) is -0.641. The van der Waals surface area contributed by atoms with Crippen LogP contribution in [0.3, 0.4) is 0 Å². The molecule has 4 heteroatoms. The molecule has 1 heterocycles. The van der Waals surface area contributed by atoms with E-state index in [4.69, 9.17) is 5.73 Å².